The van der Waals surface area contributed by atoms with Crippen LogP contribution in [0, 0.1) is 13.8 Å². The highest BCUT2D eigenvalue weighted by atomic mass is 79.9. The first-order valence-corrected chi connectivity index (χ1v) is 6.90. The standard InChI is InChI=1S/C16H16BrNO/c1-11-7-9-13(10-8-11)18(3)16(19)14-6-4-5-12(2)15(14)17/h4-10H,1-3H3. The van der Waals surface area contributed by atoms with Gasteiger partial charge in [-0.2, -0.15) is 0 Å². The molecular formula is C16H16BrNO. The number of benzene rings is 2. The van der Waals surface area contributed by atoms with Crippen molar-refractivity contribution in [2.45, 2.75) is 13.8 Å². The summed E-state index contributed by atoms with van der Waals surface area (Å²) in [4.78, 5) is 14.2. The summed E-state index contributed by atoms with van der Waals surface area (Å²) in [7, 11) is 1.79. The van der Waals surface area contributed by atoms with Crippen LogP contribution in [0.1, 0.15) is 21.5 Å². The number of hydrogen-bond donors (Lipinski definition) is 0. The largest absolute Gasteiger partial charge is 0.311 e. The third-order valence-electron chi connectivity index (χ3n) is 3.15. The Balaban J connectivity index is 2.33. The molecule has 0 aliphatic heterocycles. The van der Waals surface area contributed by atoms with Gasteiger partial charge in [-0.15, -0.1) is 0 Å². The molecule has 0 spiro atoms. The van der Waals surface area contributed by atoms with Gasteiger partial charge in [-0.3, -0.25) is 4.79 Å². The van der Waals surface area contributed by atoms with Gasteiger partial charge in [0.2, 0.25) is 0 Å². The van der Waals surface area contributed by atoms with E-state index in [-0.39, 0.29) is 5.91 Å². The van der Waals surface area contributed by atoms with Gasteiger partial charge in [0.1, 0.15) is 0 Å². The second-order valence-corrected chi connectivity index (χ2v) is 5.43. The van der Waals surface area contributed by atoms with Crippen molar-refractivity contribution in [3.63, 3.8) is 0 Å². The summed E-state index contributed by atoms with van der Waals surface area (Å²) in [6.45, 7) is 4.01. The molecular weight excluding hydrogens is 302 g/mol. The smallest absolute Gasteiger partial charge is 0.259 e. The average molecular weight is 318 g/mol. The maximum absolute atomic E-state index is 12.5. The molecule has 98 valence electrons. The number of hydrogen-bond acceptors (Lipinski definition) is 1. The van der Waals surface area contributed by atoms with E-state index in [1.165, 1.54) is 5.56 Å². The van der Waals surface area contributed by atoms with Crippen LogP contribution in [0.4, 0.5) is 5.69 Å². The lowest BCUT2D eigenvalue weighted by molar-refractivity contribution is 0.0992. The number of rotatable bonds is 2. The molecule has 0 saturated heterocycles. The average Bonchev–Trinajstić information content (AvgIpc) is 2.41. The molecule has 3 heteroatoms. The van der Waals surface area contributed by atoms with E-state index in [0.29, 0.717) is 5.56 Å². The Morgan fingerprint density at radius 1 is 1.05 bits per heavy atom. The number of carbonyl (C=O) groups excluding carboxylic acids is 1. The summed E-state index contributed by atoms with van der Waals surface area (Å²) < 4.78 is 0.860. The Labute approximate surface area is 122 Å². The molecule has 2 nitrogen and oxygen atoms in total. The van der Waals surface area contributed by atoms with E-state index in [1.807, 2.05) is 56.3 Å². The molecule has 0 bridgehead atoms. The van der Waals surface area contributed by atoms with E-state index in [2.05, 4.69) is 15.9 Å². The normalized spacial score (nSPS) is 10.3. The van der Waals surface area contributed by atoms with E-state index in [4.69, 9.17) is 0 Å². The van der Waals surface area contributed by atoms with Gasteiger partial charge in [-0.05, 0) is 53.5 Å². The molecule has 0 fully saturated rings. The third-order valence-corrected chi connectivity index (χ3v) is 4.20. The number of halogens is 1. The third kappa shape index (κ3) is 2.87. The predicted octanol–water partition coefficient (Wildman–Crippen LogP) is 4.34. The summed E-state index contributed by atoms with van der Waals surface area (Å²) in [5, 5.41) is 0. The minimum absolute atomic E-state index is 0.0144. The van der Waals surface area contributed by atoms with Gasteiger partial charge in [0.25, 0.3) is 5.91 Å². The molecule has 0 saturated carbocycles. The maximum Gasteiger partial charge on any atom is 0.259 e. The van der Waals surface area contributed by atoms with Crippen LogP contribution in [0.25, 0.3) is 0 Å². The van der Waals surface area contributed by atoms with E-state index >= 15 is 0 Å². The van der Waals surface area contributed by atoms with Gasteiger partial charge in [0.15, 0.2) is 0 Å². The number of anilines is 1. The molecule has 0 aliphatic carbocycles. The highest BCUT2D eigenvalue weighted by Crippen LogP contribution is 2.24. The SMILES string of the molecule is Cc1ccc(N(C)C(=O)c2cccc(C)c2Br)cc1. The molecule has 0 heterocycles. The highest BCUT2D eigenvalue weighted by Gasteiger charge is 2.16. The zero-order valence-electron chi connectivity index (χ0n) is 11.3. The second kappa shape index (κ2) is 5.57. The van der Waals surface area contributed by atoms with E-state index in [1.54, 1.807) is 11.9 Å². The first-order valence-electron chi connectivity index (χ1n) is 6.10. The van der Waals surface area contributed by atoms with Crippen molar-refractivity contribution in [1.82, 2.24) is 0 Å². The molecule has 1 amide bonds. The zero-order chi connectivity index (χ0) is 14.0. The van der Waals surface area contributed by atoms with Crippen LogP contribution in [-0.2, 0) is 0 Å². The lowest BCUT2D eigenvalue weighted by Crippen LogP contribution is -2.26. The van der Waals surface area contributed by atoms with Gasteiger partial charge in [0.05, 0.1) is 5.56 Å². The van der Waals surface area contributed by atoms with Crippen LogP contribution in [0.5, 0.6) is 0 Å². The topological polar surface area (TPSA) is 20.3 Å². The number of aryl methyl sites for hydroxylation is 2. The molecule has 0 atom stereocenters. The summed E-state index contributed by atoms with van der Waals surface area (Å²) >= 11 is 3.49. The first kappa shape index (κ1) is 13.8. The van der Waals surface area contributed by atoms with Crippen LogP contribution in [0.3, 0.4) is 0 Å². The fourth-order valence-electron chi connectivity index (χ4n) is 1.88. The van der Waals surface area contributed by atoms with Gasteiger partial charge in [-0.25, -0.2) is 0 Å². The molecule has 0 N–H and O–H groups in total. The van der Waals surface area contributed by atoms with Crippen molar-refractivity contribution < 1.29 is 4.79 Å². The van der Waals surface area contributed by atoms with Crippen molar-refractivity contribution in [3.8, 4) is 0 Å². The summed E-state index contributed by atoms with van der Waals surface area (Å²) in [6, 6.07) is 13.6. The summed E-state index contributed by atoms with van der Waals surface area (Å²) in [6.07, 6.45) is 0. The zero-order valence-corrected chi connectivity index (χ0v) is 12.9. The van der Waals surface area contributed by atoms with E-state index in [0.717, 1.165) is 15.7 Å². The Bertz CT molecular complexity index is 605. The Morgan fingerprint density at radius 3 is 2.32 bits per heavy atom. The fourth-order valence-corrected chi connectivity index (χ4v) is 2.31. The Morgan fingerprint density at radius 2 is 1.68 bits per heavy atom. The summed E-state index contributed by atoms with van der Waals surface area (Å²) in [5.74, 6) is -0.0144. The molecule has 2 aromatic rings. The molecule has 2 rings (SSSR count). The predicted molar refractivity (Wildman–Crippen MR) is 82.8 cm³/mol. The number of carbonyl (C=O) groups is 1. The first-order chi connectivity index (χ1) is 9.00. The van der Waals surface area contributed by atoms with Crippen molar-refractivity contribution in [2.24, 2.45) is 0 Å². The quantitative estimate of drug-likeness (QED) is 0.806. The molecule has 0 radical (unpaired) electrons. The van der Waals surface area contributed by atoms with Gasteiger partial charge < -0.3 is 4.90 Å². The van der Waals surface area contributed by atoms with E-state index < -0.39 is 0 Å². The number of amides is 1. The van der Waals surface area contributed by atoms with Crippen molar-refractivity contribution in [1.29, 1.82) is 0 Å². The monoisotopic (exact) mass is 317 g/mol. The van der Waals surface area contributed by atoms with Crippen molar-refractivity contribution in [2.75, 3.05) is 11.9 Å². The molecule has 0 unspecified atom stereocenters. The van der Waals surface area contributed by atoms with Crippen LogP contribution in [0.15, 0.2) is 46.9 Å². The minimum atomic E-state index is -0.0144. The lowest BCUT2D eigenvalue weighted by atomic mass is 10.1. The summed E-state index contributed by atoms with van der Waals surface area (Å²) in [5.41, 5.74) is 3.82. The maximum atomic E-state index is 12.5. The number of nitrogens with zero attached hydrogens (tertiary/aromatic N) is 1. The fraction of sp³-hybridized carbons (Fsp3) is 0.188. The minimum Gasteiger partial charge on any atom is -0.311 e. The molecule has 2 aromatic carbocycles. The Kier molecular flexibility index (Phi) is 4.05. The van der Waals surface area contributed by atoms with Crippen LogP contribution in [-0.4, -0.2) is 13.0 Å². The van der Waals surface area contributed by atoms with Crippen LogP contribution in [0.2, 0.25) is 0 Å². The van der Waals surface area contributed by atoms with Gasteiger partial charge in [-0.1, -0.05) is 29.8 Å². The van der Waals surface area contributed by atoms with Crippen molar-refractivity contribution >= 4 is 27.5 Å². The van der Waals surface area contributed by atoms with Crippen LogP contribution < -0.4 is 4.90 Å². The highest BCUT2D eigenvalue weighted by molar-refractivity contribution is 9.10. The Hall–Kier alpha value is -1.61. The molecule has 0 aromatic heterocycles. The van der Waals surface area contributed by atoms with Crippen LogP contribution >= 0.6 is 15.9 Å². The van der Waals surface area contributed by atoms with E-state index in [9.17, 15) is 4.79 Å². The van der Waals surface area contributed by atoms with Crippen molar-refractivity contribution in [3.05, 3.63) is 63.6 Å². The molecule has 0 aliphatic rings. The van der Waals surface area contributed by atoms with Gasteiger partial charge >= 0.3 is 0 Å². The molecule has 19 heavy (non-hydrogen) atoms. The van der Waals surface area contributed by atoms with Gasteiger partial charge in [0, 0.05) is 17.2 Å². The lowest BCUT2D eigenvalue weighted by Gasteiger charge is -2.18. The second-order valence-electron chi connectivity index (χ2n) is 4.64.